The van der Waals surface area contributed by atoms with Crippen molar-refractivity contribution in [2.45, 2.75) is 0 Å². The first kappa shape index (κ1) is 6.16. The molecule has 9 heavy (non-hydrogen) atoms. The van der Waals surface area contributed by atoms with Crippen molar-refractivity contribution in [3.8, 4) is 0 Å². The second-order valence-electron chi connectivity index (χ2n) is 1.36. The second kappa shape index (κ2) is 3.14. The van der Waals surface area contributed by atoms with E-state index < -0.39 is 0 Å². The highest BCUT2D eigenvalue weighted by Crippen LogP contribution is 2.05. The van der Waals surface area contributed by atoms with Crippen molar-refractivity contribution in [3.05, 3.63) is 24.4 Å². The maximum absolute atomic E-state index is 4.95. The highest BCUT2D eigenvalue weighted by atomic mass is 35.5. The number of rotatable bonds is 1. The molecule has 0 aliphatic heterocycles. The summed E-state index contributed by atoms with van der Waals surface area (Å²) in [6.45, 7) is 0. The van der Waals surface area contributed by atoms with E-state index in [0.717, 1.165) is 0 Å². The lowest BCUT2D eigenvalue weighted by Crippen LogP contribution is -1.66. The minimum Gasteiger partial charge on any atom is -0.236 e. The van der Waals surface area contributed by atoms with Gasteiger partial charge < -0.3 is 0 Å². The Morgan fingerprint density at radius 1 is 1.44 bits per heavy atom. The Kier molecular flexibility index (Phi) is 2.15. The van der Waals surface area contributed by atoms with E-state index in [0.29, 0.717) is 5.82 Å². The SMILES string of the molecule is ClN=Nc1ccccn1. The predicted molar refractivity (Wildman–Crippen MR) is 34.6 cm³/mol. The Hall–Kier alpha value is -0.960. The van der Waals surface area contributed by atoms with Crippen LogP contribution in [0.25, 0.3) is 0 Å². The van der Waals surface area contributed by atoms with Crippen LogP contribution in [0.2, 0.25) is 0 Å². The van der Waals surface area contributed by atoms with Crippen molar-refractivity contribution in [2.24, 2.45) is 9.75 Å². The molecule has 3 nitrogen and oxygen atoms in total. The molecule has 46 valence electrons. The molecule has 1 rings (SSSR count). The Bertz CT molecular complexity index is 197. The molecule has 0 amide bonds. The van der Waals surface area contributed by atoms with E-state index in [-0.39, 0.29) is 0 Å². The molecule has 0 fully saturated rings. The van der Waals surface area contributed by atoms with Gasteiger partial charge in [0, 0.05) is 6.20 Å². The van der Waals surface area contributed by atoms with Gasteiger partial charge in [-0.25, -0.2) is 4.98 Å². The quantitative estimate of drug-likeness (QED) is 0.553. The fraction of sp³-hybridized carbons (Fsp3) is 0. The maximum atomic E-state index is 4.95. The third-order valence-electron chi connectivity index (χ3n) is 0.790. The van der Waals surface area contributed by atoms with Crippen LogP contribution in [-0.2, 0) is 0 Å². The standard InChI is InChI=1S/C5H4ClN3/c6-9-8-5-3-1-2-4-7-5/h1-4H. The van der Waals surface area contributed by atoms with Crippen LogP contribution in [0, 0.1) is 0 Å². The lowest BCUT2D eigenvalue weighted by atomic mass is 10.5. The summed E-state index contributed by atoms with van der Waals surface area (Å²) < 4.78 is 3.04. The van der Waals surface area contributed by atoms with Gasteiger partial charge in [-0.1, -0.05) is 10.7 Å². The Morgan fingerprint density at radius 3 is 2.89 bits per heavy atom. The molecule has 0 aliphatic rings. The molecule has 0 spiro atoms. The van der Waals surface area contributed by atoms with E-state index in [4.69, 9.17) is 11.8 Å². The molecule has 1 heterocycles. The van der Waals surface area contributed by atoms with Crippen LogP contribution in [-0.4, -0.2) is 4.98 Å². The summed E-state index contributed by atoms with van der Waals surface area (Å²) in [5, 5.41) is 3.49. The number of hydrogen-bond donors (Lipinski definition) is 0. The molecule has 0 N–H and O–H groups in total. The average molecular weight is 142 g/mol. The average Bonchev–Trinajstić information content (AvgIpc) is 1.91. The molecule has 0 radical (unpaired) electrons. The second-order valence-corrected chi connectivity index (χ2v) is 1.51. The largest absolute Gasteiger partial charge is 0.236 e. The zero-order valence-electron chi connectivity index (χ0n) is 4.53. The monoisotopic (exact) mass is 141 g/mol. The lowest BCUT2D eigenvalue weighted by molar-refractivity contribution is 1.20. The number of nitrogens with zero attached hydrogens (tertiary/aromatic N) is 3. The molecule has 0 bridgehead atoms. The van der Waals surface area contributed by atoms with Gasteiger partial charge in [0.2, 0.25) is 0 Å². The van der Waals surface area contributed by atoms with Crippen LogP contribution in [0.1, 0.15) is 0 Å². The highest BCUT2D eigenvalue weighted by molar-refractivity contribution is 6.14. The van der Waals surface area contributed by atoms with E-state index >= 15 is 0 Å². The third-order valence-corrected chi connectivity index (χ3v) is 0.865. The summed E-state index contributed by atoms with van der Waals surface area (Å²) in [5.41, 5.74) is 0. The molecule has 1 aromatic rings. The van der Waals surface area contributed by atoms with E-state index in [1.807, 2.05) is 6.07 Å². The van der Waals surface area contributed by atoms with Gasteiger partial charge >= 0.3 is 0 Å². The molecule has 0 aromatic carbocycles. The van der Waals surface area contributed by atoms with Crippen molar-refractivity contribution in [3.63, 3.8) is 0 Å². The van der Waals surface area contributed by atoms with Crippen LogP contribution in [0.5, 0.6) is 0 Å². The normalized spacial score (nSPS) is 10.3. The van der Waals surface area contributed by atoms with Gasteiger partial charge in [0.15, 0.2) is 5.82 Å². The molecule has 0 saturated heterocycles. The molecule has 0 atom stereocenters. The highest BCUT2D eigenvalue weighted by Gasteiger charge is 1.82. The third kappa shape index (κ3) is 1.77. The smallest absolute Gasteiger partial charge is 0.175 e. The fourth-order valence-corrected chi connectivity index (χ4v) is 0.529. The van der Waals surface area contributed by atoms with Gasteiger partial charge in [-0.15, -0.1) is 5.11 Å². The van der Waals surface area contributed by atoms with Crippen molar-refractivity contribution >= 4 is 17.6 Å². The lowest BCUT2D eigenvalue weighted by Gasteiger charge is -1.83. The zero-order valence-corrected chi connectivity index (χ0v) is 5.28. The molecular weight excluding hydrogens is 138 g/mol. The van der Waals surface area contributed by atoms with Gasteiger partial charge in [0.1, 0.15) is 0 Å². The van der Waals surface area contributed by atoms with Gasteiger partial charge in [0.05, 0.1) is 11.8 Å². The van der Waals surface area contributed by atoms with E-state index in [1.165, 1.54) is 0 Å². The minimum absolute atomic E-state index is 0.521. The van der Waals surface area contributed by atoms with E-state index in [1.54, 1.807) is 18.3 Å². The molecule has 0 saturated carbocycles. The van der Waals surface area contributed by atoms with Gasteiger partial charge in [-0.05, 0) is 12.1 Å². The number of pyridine rings is 1. The molecule has 0 aliphatic carbocycles. The first-order valence-electron chi connectivity index (χ1n) is 2.36. The zero-order chi connectivity index (χ0) is 6.53. The minimum atomic E-state index is 0.521. The summed E-state index contributed by atoms with van der Waals surface area (Å²) in [4.78, 5) is 3.82. The summed E-state index contributed by atoms with van der Waals surface area (Å²) in [6.07, 6.45) is 1.63. The van der Waals surface area contributed by atoms with Gasteiger partial charge in [0.25, 0.3) is 0 Å². The maximum Gasteiger partial charge on any atom is 0.175 e. The van der Waals surface area contributed by atoms with E-state index in [2.05, 4.69) is 14.7 Å². The predicted octanol–water partition coefficient (Wildman–Crippen LogP) is 2.32. The van der Waals surface area contributed by atoms with Crippen molar-refractivity contribution in [1.29, 1.82) is 0 Å². The number of aromatic nitrogens is 1. The van der Waals surface area contributed by atoms with Crippen LogP contribution < -0.4 is 0 Å². The number of halogens is 1. The first-order valence-corrected chi connectivity index (χ1v) is 2.70. The Morgan fingerprint density at radius 2 is 2.33 bits per heavy atom. The topological polar surface area (TPSA) is 37.6 Å². The van der Waals surface area contributed by atoms with Gasteiger partial charge in [-0.3, -0.25) is 0 Å². The molecular formula is C5H4ClN3. The molecule has 1 aromatic heterocycles. The van der Waals surface area contributed by atoms with E-state index in [9.17, 15) is 0 Å². The fourth-order valence-electron chi connectivity index (χ4n) is 0.452. The van der Waals surface area contributed by atoms with Crippen molar-refractivity contribution in [1.82, 2.24) is 4.98 Å². The van der Waals surface area contributed by atoms with Crippen LogP contribution in [0.4, 0.5) is 5.82 Å². The summed E-state index contributed by atoms with van der Waals surface area (Å²) in [7, 11) is 0. The van der Waals surface area contributed by atoms with Crippen molar-refractivity contribution in [2.75, 3.05) is 0 Å². The number of hydrogen-bond acceptors (Lipinski definition) is 3. The summed E-state index contributed by atoms with van der Waals surface area (Å²) >= 11 is 4.95. The van der Waals surface area contributed by atoms with Crippen LogP contribution >= 0.6 is 11.8 Å². The van der Waals surface area contributed by atoms with Gasteiger partial charge in [-0.2, -0.15) is 0 Å². The molecule has 0 unspecified atom stereocenters. The Balaban J connectivity index is 2.85. The first-order chi connectivity index (χ1) is 4.43. The molecule has 4 heteroatoms. The summed E-state index contributed by atoms with van der Waals surface area (Å²) in [6, 6.07) is 5.33. The van der Waals surface area contributed by atoms with Crippen molar-refractivity contribution < 1.29 is 0 Å². The Labute approximate surface area is 57.5 Å². The summed E-state index contributed by atoms with van der Waals surface area (Å²) in [5.74, 6) is 0.521. The van der Waals surface area contributed by atoms with Crippen LogP contribution in [0.3, 0.4) is 0 Å². The van der Waals surface area contributed by atoms with Crippen LogP contribution in [0.15, 0.2) is 34.1 Å².